The number of rotatable bonds is 8. The standard InChI is InChI=1S/C29H31FN6O3S/c1-5-6-7-26(31-4)28(37)29-15-21-16-33-36(24-10-8-23(30)9-11-24)27(21)14-22(29)12-13-34(19-29)40(38,39)25-17-32-35(18-25)20(2)3/h5-11,14,16-18,20H,4,12-13,15,19H2,1-3H3/b6-5-,26-7-/t29-/m0/s1. The maximum Gasteiger partial charge on any atom is 0.246 e. The number of fused-ring (bicyclic) bond motifs is 2. The zero-order valence-corrected chi connectivity index (χ0v) is 23.5. The summed E-state index contributed by atoms with van der Waals surface area (Å²) in [7, 11) is -3.93. The summed E-state index contributed by atoms with van der Waals surface area (Å²) in [5.74, 6) is -0.651. The zero-order chi connectivity index (χ0) is 28.7. The van der Waals surface area contributed by atoms with E-state index in [2.05, 4.69) is 21.9 Å². The average molecular weight is 563 g/mol. The summed E-state index contributed by atoms with van der Waals surface area (Å²) in [6.07, 6.45) is 12.1. The fourth-order valence-corrected chi connectivity index (χ4v) is 6.77. The highest BCUT2D eigenvalue weighted by atomic mass is 32.2. The number of aromatic nitrogens is 4. The summed E-state index contributed by atoms with van der Waals surface area (Å²) in [4.78, 5) is 18.3. The van der Waals surface area contributed by atoms with Crippen molar-refractivity contribution in [2.75, 3.05) is 13.1 Å². The molecule has 5 rings (SSSR count). The maximum atomic E-state index is 14.2. The molecule has 1 atom stereocenters. The number of allylic oxidation sites excluding steroid dienone is 4. The molecule has 2 aromatic heterocycles. The van der Waals surface area contributed by atoms with Crippen LogP contribution in [0.25, 0.3) is 11.8 Å². The van der Waals surface area contributed by atoms with Gasteiger partial charge < -0.3 is 0 Å². The van der Waals surface area contributed by atoms with Crippen LogP contribution in [0.15, 0.2) is 82.2 Å². The Labute approximate surface area is 233 Å². The van der Waals surface area contributed by atoms with Gasteiger partial charge >= 0.3 is 0 Å². The fraction of sp³-hybridized carbons (Fsp3) is 0.310. The molecule has 0 amide bonds. The molecule has 0 unspecified atom stereocenters. The lowest BCUT2D eigenvalue weighted by molar-refractivity contribution is -0.124. The van der Waals surface area contributed by atoms with Gasteiger partial charge in [-0.3, -0.25) is 14.5 Å². The number of hydrogen-bond acceptors (Lipinski definition) is 6. The molecule has 1 aliphatic carbocycles. The molecule has 0 N–H and O–H groups in total. The lowest BCUT2D eigenvalue weighted by Crippen LogP contribution is -2.53. The van der Waals surface area contributed by atoms with Gasteiger partial charge in [0.2, 0.25) is 10.0 Å². The number of carbonyl (C=O) groups is 1. The summed E-state index contributed by atoms with van der Waals surface area (Å²) in [5.41, 5.74) is 2.01. The highest BCUT2D eigenvalue weighted by Gasteiger charge is 2.51. The average Bonchev–Trinajstić information content (AvgIpc) is 3.60. The van der Waals surface area contributed by atoms with Crippen LogP contribution in [0.5, 0.6) is 0 Å². The Morgan fingerprint density at radius 3 is 2.60 bits per heavy atom. The molecule has 1 aromatic carbocycles. The van der Waals surface area contributed by atoms with Crippen LogP contribution >= 0.6 is 0 Å². The van der Waals surface area contributed by atoms with Gasteiger partial charge in [0.15, 0.2) is 5.78 Å². The van der Waals surface area contributed by atoms with Gasteiger partial charge in [0, 0.05) is 25.3 Å². The number of ketones is 1. The fourth-order valence-electron chi connectivity index (χ4n) is 5.33. The van der Waals surface area contributed by atoms with E-state index >= 15 is 0 Å². The number of sulfonamides is 1. The number of piperidine rings is 1. The van der Waals surface area contributed by atoms with Crippen LogP contribution in [0.4, 0.5) is 4.39 Å². The molecule has 9 nitrogen and oxygen atoms in total. The van der Waals surface area contributed by atoms with Crippen LogP contribution in [-0.2, 0) is 21.2 Å². The molecular formula is C29H31FN6O3S. The number of hydrogen-bond donors (Lipinski definition) is 0. The predicted octanol–water partition coefficient (Wildman–Crippen LogP) is 4.54. The lowest BCUT2D eigenvalue weighted by Gasteiger charge is -2.44. The Morgan fingerprint density at radius 1 is 1.20 bits per heavy atom. The first-order chi connectivity index (χ1) is 19.1. The van der Waals surface area contributed by atoms with Gasteiger partial charge in [0.1, 0.15) is 16.4 Å². The van der Waals surface area contributed by atoms with Gasteiger partial charge in [-0.15, -0.1) is 0 Å². The van der Waals surface area contributed by atoms with Crippen molar-refractivity contribution in [3.05, 3.63) is 89.4 Å². The van der Waals surface area contributed by atoms with Crippen molar-refractivity contribution in [3.8, 4) is 5.69 Å². The van der Waals surface area contributed by atoms with E-state index in [1.165, 1.54) is 28.8 Å². The number of carbonyl (C=O) groups excluding carboxylic acids is 1. The molecule has 1 saturated heterocycles. The maximum absolute atomic E-state index is 14.2. The van der Waals surface area contributed by atoms with Gasteiger partial charge in [0.25, 0.3) is 0 Å². The molecule has 40 heavy (non-hydrogen) atoms. The van der Waals surface area contributed by atoms with Crippen molar-refractivity contribution in [3.63, 3.8) is 0 Å². The Morgan fingerprint density at radius 2 is 1.95 bits per heavy atom. The summed E-state index contributed by atoms with van der Waals surface area (Å²) in [6.45, 7) is 9.42. The molecule has 2 aliphatic rings. The number of aliphatic imine (C=N–C) groups is 1. The van der Waals surface area contributed by atoms with Crippen molar-refractivity contribution >= 4 is 28.6 Å². The largest absolute Gasteiger partial charge is 0.291 e. The molecule has 208 valence electrons. The Hall–Kier alpha value is -3.96. The predicted molar refractivity (Wildman–Crippen MR) is 151 cm³/mol. The third-order valence-electron chi connectivity index (χ3n) is 7.48. The van der Waals surface area contributed by atoms with Gasteiger partial charge in [-0.25, -0.2) is 17.5 Å². The minimum Gasteiger partial charge on any atom is -0.291 e. The van der Waals surface area contributed by atoms with E-state index in [1.807, 2.05) is 26.8 Å². The van der Waals surface area contributed by atoms with Crippen molar-refractivity contribution in [1.82, 2.24) is 23.9 Å². The lowest BCUT2D eigenvalue weighted by atomic mass is 9.65. The molecular weight excluding hydrogens is 531 g/mol. The smallest absolute Gasteiger partial charge is 0.246 e. The van der Waals surface area contributed by atoms with Crippen LogP contribution in [0.3, 0.4) is 0 Å². The monoisotopic (exact) mass is 562 g/mol. The molecule has 3 aromatic rings. The van der Waals surface area contributed by atoms with E-state index in [4.69, 9.17) is 0 Å². The van der Waals surface area contributed by atoms with Crippen LogP contribution in [-0.4, -0.2) is 57.9 Å². The van der Waals surface area contributed by atoms with Gasteiger partial charge in [0.05, 0.1) is 29.2 Å². The molecule has 0 radical (unpaired) electrons. The van der Waals surface area contributed by atoms with Gasteiger partial charge in [-0.1, -0.05) is 17.7 Å². The van der Waals surface area contributed by atoms with Crippen LogP contribution in [0.1, 0.15) is 44.5 Å². The minimum absolute atomic E-state index is 0.000142. The normalized spacial score (nSPS) is 19.9. The summed E-state index contributed by atoms with van der Waals surface area (Å²) in [5, 5.41) is 8.74. The van der Waals surface area contributed by atoms with Crippen LogP contribution in [0.2, 0.25) is 0 Å². The summed E-state index contributed by atoms with van der Waals surface area (Å²) >= 11 is 0. The first-order valence-corrected chi connectivity index (χ1v) is 14.5. The minimum atomic E-state index is -3.93. The number of halogens is 1. The summed E-state index contributed by atoms with van der Waals surface area (Å²) < 4.78 is 45.8. The van der Waals surface area contributed by atoms with E-state index in [9.17, 15) is 17.6 Å². The second kappa shape index (κ2) is 10.5. The Balaban J connectivity index is 1.60. The van der Waals surface area contributed by atoms with E-state index in [0.717, 1.165) is 16.8 Å². The van der Waals surface area contributed by atoms with Crippen molar-refractivity contribution < 1.29 is 17.6 Å². The molecule has 11 heteroatoms. The molecule has 3 heterocycles. The quantitative estimate of drug-likeness (QED) is 0.228. The number of nitrogens with zero attached hydrogens (tertiary/aromatic N) is 6. The topological polar surface area (TPSA) is 102 Å². The SMILES string of the molecule is C=N/C(=C\C=C/C)C(=O)[C@]12Cc3cnn(-c4ccc(F)cc4)c3C=C1CCN(S(=O)(=O)c1cnn(C(C)C)c1)C2. The van der Waals surface area contributed by atoms with Crippen molar-refractivity contribution in [1.29, 1.82) is 0 Å². The first kappa shape index (κ1) is 27.6. The highest BCUT2D eigenvalue weighted by Crippen LogP contribution is 2.47. The third-order valence-corrected chi connectivity index (χ3v) is 9.28. The highest BCUT2D eigenvalue weighted by molar-refractivity contribution is 7.89. The van der Waals surface area contributed by atoms with Crippen molar-refractivity contribution in [2.24, 2.45) is 10.4 Å². The second-order valence-electron chi connectivity index (χ2n) is 10.3. The third kappa shape index (κ3) is 4.69. The van der Waals surface area contributed by atoms with Gasteiger partial charge in [-0.05, 0) is 82.3 Å². The van der Waals surface area contributed by atoms with E-state index < -0.39 is 15.4 Å². The van der Waals surface area contributed by atoms with E-state index in [1.54, 1.807) is 45.9 Å². The van der Waals surface area contributed by atoms with Gasteiger partial charge in [-0.2, -0.15) is 14.5 Å². The molecule has 0 saturated carbocycles. The number of benzene rings is 1. The Bertz CT molecular complexity index is 1660. The molecule has 0 spiro atoms. The van der Waals surface area contributed by atoms with Crippen LogP contribution in [0, 0.1) is 11.2 Å². The Kier molecular flexibility index (Phi) is 7.28. The first-order valence-electron chi connectivity index (χ1n) is 13.0. The molecule has 0 bridgehead atoms. The van der Waals surface area contributed by atoms with Crippen molar-refractivity contribution in [2.45, 2.75) is 44.6 Å². The zero-order valence-electron chi connectivity index (χ0n) is 22.7. The summed E-state index contributed by atoms with van der Waals surface area (Å²) in [6, 6.07) is 6.01. The van der Waals surface area contributed by atoms with E-state index in [-0.39, 0.29) is 47.7 Å². The molecule has 1 aliphatic heterocycles. The van der Waals surface area contributed by atoms with E-state index in [0.29, 0.717) is 12.1 Å². The number of Topliss-reactive ketones (excluding diaryl/α,β-unsaturated/α-hetero) is 1. The molecule has 1 fully saturated rings. The van der Waals surface area contributed by atoms with Crippen LogP contribution < -0.4 is 0 Å². The second-order valence-corrected chi connectivity index (χ2v) is 12.2.